The van der Waals surface area contributed by atoms with E-state index in [0.717, 1.165) is 41.6 Å². The molecule has 10 rings (SSSR count). The molecular formula is C54H42N2O4S8. The Bertz CT molecular complexity index is 2980. The number of ether oxygens (including phenoxy) is 2. The highest BCUT2D eigenvalue weighted by Crippen LogP contribution is 2.53. The maximum absolute atomic E-state index is 13.4. The summed E-state index contributed by atoms with van der Waals surface area (Å²) < 4.78 is 13.4. The lowest BCUT2D eigenvalue weighted by Gasteiger charge is -2.32. The van der Waals surface area contributed by atoms with Crippen molar-refractivity contribution in [2.24, 2.45) is 5.41 Å². The Morgan fingerprint density at radius 2 is 1.10 bits per heavy atom. The Morgan fingerprint density at radius 3 is 1.68 bits per heavy atom. The van der Waals surface area contributed by atoms with Crippen LogP contribution in [0.15, 0.2) is 224 Å². The van der Waals surface area contributed by atoms with Crippen molar-refractivity contribution in [1.82, 2.24) is 10.3 Å². The number of nitrogens with zero attached hydrogens (tertiary/aromatic N) is 1. The predicted molar refractivity (Wildman–Crippen MR) is 288 cm³/mol. The molecule has 14 heteroatoms. The van der Waals surface area contributed by atoms with Gasteiger partial charge in [0.25, 0.3) is 0 Å². The lowest BCUT2D eigenvalue weighted by atomic mass is 9.97. The first-order valence-corrected chi connectivity index (χ1v) is 28.7. The summed E-state index contributed by atoms with van der Waals surface area (Å²) in [6, 6.07) is 56.2. The van der Waals surface area contributed by atoms with Crippen LogP contribution in [0.1, 0.15) is 0 Å². The zero-order valence-electron chi connectivity index (χ0n) is 36.4. The number of rotatable bonds is 17. The van der Waals surface area contributed by atoms with Crippen LogP contribution in [0.2, 0.25) is 0 Å². The van der Waals surface area contributed by atoms with Gasteiger partial charge in [0.1, 0.15) is 13.2 Å². The molecule has 0 saturated carbocycles. The Kier molecular flexibility index (Phi) is 15.2. The Labute approximate surface area is 430 Å². The van der Waals surface area contributed by atoms with Gasteiger partial charge in [-0.1, -0.05) is 150 Å². The predicted octanol–water partition coefficient (Wildman–Crippen LogP) is 16.0. The van der Waals surface area contributed by atoms with E-state index < -0.39 is 17.5 Å². The number of amides is 1. The molecule has 0 radical (unpaired) electrons. The average Bonchev–Trinajstić information content (AvgIpc) is 3.81. The van der Waals surface area contributed by atoms with Crippen LogP contribution in [-0.2, 0) is 14.3 Å². The molecule has 2 aliphatic rings. The van der Waals surface area contributed by atoms with E-state index in [0.29, 0.717) is 17.3 Å². The summed E-state index contributed by atoms with van der Waals surface area (Å²) in [6.07, 6.45) is 0.538. The number of aromatic nitrogens is 1. The number of hydrogen-bond donors (Lipinski definition) is 1. The third-order valence-corrected chi connectivity index (χ3v) is 21.4. The molecule has 1 amide bonds. The van der Waals surface area contributed by atoms with Gasteiger partial charge in [-0.25, -0.2) is 14.6 Å². The highest BCUT2D eigenvalue weighted by atomic mass is 32.2. The highest BCUT2D eigenvalue weighted by Gasteiger charge is 2.34. The molecule has 7 aromatic carbocycles. The SMILES string of the molecule is C=CC(=O)OCCNC(=O)OCC(CSc1cccc(-c2cccc3c2Sc2ccccc2S3)c1)(CSc1cccc(-c2cccc3c2Sc2ccccc2S3)c1)CSc1nc2ccccc2s1. The van der Waals surface area contributed by atoms with Gasteiger partial charge in [-0.3, -0.25) is 0 Å². The van der Waals surface area contributed by atoms with Gasteiger partial charge in [0.05, 0.1) is 16.8 Å². The molecule has 3 heterocycles. The third kappa shape index (κ3) is 11.2. The van der Waals surface area contributed by atoms with Crippen LogP contribution >= 0.6 is 93.7 Å². The van der Waals surface area contributed by atoms with Crippen LogP contribution in [0.4, 0.5) is 4.79 Å². The number of carbonyl (C=O) groups excluding carboxylic acids is 2. The number of thiazole rings is 1. The molecule has 1 aromatic heterocycles. The number of esters is 1. The van der Waals surface area contributed by atoms with Crippen molar-refractivity contribution in [1.29, 1.82) is 0 Å². The lowest BCUT2D eigenvalue weighted by Crippen LogP contribution is -2.39. The minimum Gasteiger partial charge on any atom is -0.461 e. The second-order valence-electron chi connectivity index (χ2n) is 15.8. The van der Waals surface area contributed by atoms with E-state index in [9.17, 15) is 9.59 Å². The summed E-state index contributed by atoms with van der Waals surface area (Å²) in [6.45, 7) is 3.74. The Hall–Kier alpha value is -4.64. The number of fused-ring (bicyclic) bond motifs is 5. The summed E-state index contributed by atoms with van der Waals surface area (Å²) in [5.41, 5.74) is 5.20. The molecule has 0 aliphatic carbocycles. The zero-order valence-corrected chi connectivity index (χ0v) is 42.9. The van der Waals surface area contributed by atoms with Crippen LogP contribution in [0.3, 0.4) is 0 Å². The van der Waals surface area contributed by atoms with Crippen molar-refractivity contribution in [2.75, 3.05) is 37.0 Å². The lowest BCUT2D eigenvalue weighted by molar-refractivity contribution is -0.137. The molecule has 6 nitrogen and oxygen atoms in total. The minimum atomic E-state index is -0.565. The van der Waals surface area contributed by atoms with Gasteiger partial charge in [0.15, 0.2) is 4.34 Å². The van der Waals surface area contributed by atoms with Crippen molar-refractivity contribution >= 4 is 116 Å². The minimum absolute atomic E-state index is 0.0135. The maximum Gasteiger partial charge on any atom is 0.407 e. The van der Waals surface area contributed by atoms with Crippen LogP contribution in [-0.4, -0.2) is 54.1 Å². The van der Waals surface area contributed by atoms with Crippen LogP contribution in [0, 0.1) is 5.41 Å². The molecule has 0 bridgehead atoms. The highest BCUT2D eigenvalue weighted by molar-refractivity contribution is 8.05. The van der Waals surface area contributed by atoms with Gasteiger partial charge in [0.2, 0.25) is 0 Å². The van der Waals surface area contributed by atoms with Crippen LogP contribution in [0.5, 0.6) is 0 Å². The molecule has 0 atom stereocenters. The second-order valence-corrected chi connectivity index (χ2v) is 24.4. The topological polar surface area (TPSA) is 77.5 Å². The molecule has 340 valence electrons. The number of nitrogens with one attached hydrogen (secondary N) is 1. The fourth-order valence-electron chi connectivity index (χ4n) is 7.54. The number of thioether (sulfide) groups is 3. The molecule has 0 fully saturated rings. The average molecular weight is 1040 g/mol. The quantitative estimate of drug-likeness (QED) is 0.0408. The summed E-state index contributed by atoms with van der Waals surface area (Å²) in [7, 11) is 0. The molecular weight excluding hydrogens is 997 g/mol. The first kappa shape index (κ1) is 47.1. The fourth-order valence-corrected chi connectivity index (χ4v) is 17.3. The van der Waals surface area contributed by atoms with E-state index in [1.807, 2.05) is 65.2 Å². The first-order chi connectivity index (χ1) is 33.4. The Morgan fingerprint density at radius 1 is 0.588 bits per heavy atom. The summed E-state index contributed by atoms with van der Waals surface area (Å²) in [5, 5.41) is 2.78. The van der Waals surface area contributed by atoms with E-state index in [2.05, 4.69) is 151 Å². The van der Waals surface area contributed by atoms with Crippen molar-refractivity contribution in [3.8, 4) is 22.3 Å². The normalized spacial score (nSPS) is 12.6. The van der Waals surface area contributed by atoms with E-state index >= 15 is 0 Å². The molecule has 2 aliphatic heterocycles. The van der Waals surface area contributed by atoms with E-state index in [1.54, 1.807) is 46.6 Å². The largest absolute Gasteiger partial charge is 0.461 e. The van der Waals surface area contributed by atoms with Crippen LogP contribution in [0.25, 0.3) is 32.5 Å². The smallest absolute Gasteiger partial charge is 0.407 e. The first-order valence-electron chi connectivity index (χ1n) is 21.7. The second kappa shape index (κ2) is 22.0. The van der Waals surface area contributed by atoms with E-state index in [1.165, 1.54) is 50.3 Å². The standard InChI is InChI=1S/C54H42N2O4S8/c1-2-49(57)59-28-27-55-52(58)60-31-54(34-63-53-56-41-19-3-4-20-42(41)68-53,32-61-37-15-9-13-35(29-37)39-17-11-25-47-50(39)66-45-23-7-5-21-43(45)64-47)33-62-38-16-10-14-36(30-38)40-18-12-26-48-51(40)67-46-24-8-6-22-44(46)65-48/h2-26,29-30H,1,27-28,31-34H2,(H,55,58). The monoisotopic (exact) mass is 1040 g/mol. The van der Waals surface area contributed by atoms with Gasteiger partial charge in [-0.15, -0.1) is 34.9 Å². The Balaban J connectivity index is 0.945. The van der Waals surface area contributed by atoms with Gasteiger partial charge in [-0.2, -0.15) is 0 Å². The van der Waals surface area contributed by atoms with Crippen molar-refractivity contribution < 1.29 is 19.1 Å². The van der Waals surface area contributed by atoms with Gasteiger partial charge < -0.3 is 14.8 Å². The summed E-state index contributed by atoms with van der Waals surface area (Å²) in [5.74, 6) is 1.43. The number of alkyl carbamates (subject to hydrolysis) is 1. The zero-order chi connectivity index (χ0) is 46.3. The number of carbonyl (C=O) groups is 2. The van der Waals surface area contributed by atoms with Gasteiger partial charge in [-0.05, 0) is 95.1 Å². The van der Waals surface area contributed by atoms with Gasteiger partial charge in [0, 0.05) is 77.7 Å². The molecule has 68 heavy (non-hydrogen) atoms. The fraction of sp³-hybridized carbons (Fsp3) is 0.130. The van der Waals surface area contributed by atoms with Crippen molar-refractivity contribution in [3.63, 3.8) is 0 Å². The number of benzene rings is 7. The molecule has 8 aromatic rings. The molecule has 0 unspecified atom stereocenters. The molecule has 0 saturated heterocycles. The van der Waals surface area contributed by atoms with Crippen molar-refractivity contribution in [2.45, 2.75) is 53.3 Å². The van der Waals surface area contributed by atoms with E-state index in [-0.39, 0.29) is 19.8 Å². The van der Waals surface area contributed by atoms with Crippen molar-refractivity contribution in [3.05, 3.63) is 170 Å². The van der Waals surface area contributed by atoms with Crippen LogP contribution < -0.4 is 5.32 Å². The third-order valence-electron chi connectivity index (χ3n) is 11.0. The molecule has 1 N–H and O–H groups in total. The van der Waals surface area contributed by atoms with Gasteiger partial charge >= 0.3 is 12.1 Å². The van der Waals surface area contributed by atoms with E-state index in [4.69, 9.17) is 14.5 Å². The number of hydrogen-bond acceptors (Lipinski definition) is 13. The molecule has 0 spiro atoms. The maximum atomic E-state index is 13.4. The number of para-hydroxylation sites is 1. The summed E-state index contributed by atoms with van der Waals surface area (Å²) >= 11 is 14.3. The summed E-state index contributed by atoms with van der Waals surface area (Å²) in [4.78, 5) is 42.5.